The number of hydrogen-bond acceptors (Lipinski definition) is 3. The Kier molecular flexibility index (Phi) is 6.00. The first-order valence-electron chi connectivity index (χ1n) is 9.22. The van der Waals surface area contributed by atoms with Crippen LogP contribution in [0.4, 0.5) is 4.79 Å². The van der Waals surface area contributed by atoms with Gasteiger partial charge in [0, 0.05) is 0 Å². The second-order valence-electron chi connectivity index (χ2n) is 8.51. The molecule has 1 unspecified atom stereocenters. The zero-order chi connectivity index (χ0) is 18.8. The van der Waals surface area contributed by atoms with E-state index >= 15 is 0 Å². The molecule has 0 saturated carbocycles. The highest BCUT2D eigenvalue weighted by Crippen LogP contribution is 2.31. The molecule has 1 aliphatic heterocycles. The van der Waals surface area contributed by atoms with Gasteiger partial charge in [-0.1, -0.05) is 29.4 Å². The van der Waals surface area contributed by atoms with Gasteiger partial charge in [0.15, 0.2) is 0 Å². The maximum Gasteiger partial charge on any atom is 0.412 e. The van der Waals surface area contributed by atoms with Crippen LogP contribution in [-0.4, -0.2) is 44.5 Å². The van der Waals surface area contributed by atoms with Crippen molar-refractivity contribution < 1.29 is 14.3 Å². The second-order valence-corrected chi connectivity index (χ2v) is 10.5. The molecule has 5 heteroatoms. The zero-order valence-corrected chi connectivity index (χ0v) is 18.2. The summed E-state index contributed by atoms with van der Waals surface area (Å²) >= 11 is 0. The van der Waals surface area contributed by atoms with Crippen LogP contribution in [0, 0.1) is 13.8 Å². The van der Waals surface area contributed by atoms with Gasteiger partial charge < -0.3 is 9.47 Å². The maximum absolute atomic E-state index is 12.7. The van der Waals surface area contributed by atoms with E-state index in [1.807, 2.05) is 34.6 Å². The first-order chi connectivity index (χ1) is 11.5. The first kappa shape index (κ1) is 20.0. The van der Waals surface area contributed by atoms with Gasteiger partial charge >= 0.3 is 6.09 Å². The third-order valence-corrected chi connectivity index (χ3v) is 6.93. The average molecular weight is 364 g/mol. The smallest absolute Gasteiger partial charge is 0.412 e. The second kappa shape index (κ2) is 7.50. The molecule has 4 nitrogen and oxygen atoms in total. The van der Waals surface area contributed by atoms with Gasteiger partial charge in [-0.3, -0.25) is 4.90 Å². The van der Waals surface area contributed by atoms with Crippen molar-refractivity contribution >= 4 is 20.8 Å². The van der Waals surface area contributed by atoms with Crippen molar-refractivity contribution in [3.63, 3.8) is 0 Å². The lowest BCUT2D eigenvalue weighted by atomic mass is 10.1. The van der Waals surface area contributed by atoms with E-state index in [-0.39, 0.29) is 21.7 Å². The van der Waals surface area contributed by atoms with Crippen LogP contribution < -0.4 is 5.19 Å². The highest BCUT2D eigenvalue weighted by molar-refractivity contribution is 6.54. The number of hydrogen-bond donors (Lipinski definition) is 0. The lowest BCUT2D eigenvalue weighted by Gasteiger charge is -2.35. The molecule has 1 saturated heterocycles. The van der Waals surface area contributed by atoms with E-state index in [2.05, 4.69) is 32.0 Å². The number of carbonyl (C=O) groups excluding carboxylic acids is 1. The molecule has 1 heterocycles. The lowest BCUT2D eigenvalue weighted by Crippen LogP contribution is -2.49. The molecule has 1 atom stereocenters. The van der Waals surface area contributed by atoms with Crippen LogP contribution in [0.25, 0.3) is 0 Å². The number of rotatable bonds is 4. The molecule has 0 aromatic heterocycles. The van der Waals surface area contributed by atoms with Crippen LogP contribution in [-0.2, 0) is 9.47 Å². The summed E-state index contributed by atoms with van der Waals surface area (Å²) in [5.74, 6) is 0. The van der Waals surface area contributed by atoms with E-state index in [4.69, 9.17) is 9.47 Å². The van der Waals surface area contributed by atoms with E-state index in [9.17, 15) is 4.79 Å². The molecule has 0 spiro atoms. The van der Waals surface area contributed by atoms with Crippen LogP contribution in [0.2, 0.25) is 6.04 Å². The molecule has 1 aliphatic rings. The Hall–Kier alpha value is -1.33. The fraction of sp³-hybridized carbons (Fsp3) is 0.650. The summed E-state index contributed by atoms with van der Waals surface area (Å²) in [6, 6.07) is 7.84. The Labute approximate surface area is 154 Å². The number of aryl methyl sites for hydroxylation is 1. The number of ether oxygens (including phenoxy) is 2. The van der Waals surface area contributed by atoms with Crippen LogP contribution in [0.15, 0.2) is 18.2 Å². The summed E-state index contributed by atoms with van der Waals surface area (Å²) < 4.78 is 11.5. The molecular formula is C20H33NO3Si. The minimum absolute atomic E-state index is 0.0995. The molecule has 0 bridgehead atoms. The molecule has 25 heavy (non-hydrogen) atoms. The number of carbonyl (C=O) groups is 1. The molecular weight excluding hydrogens is 330 g/mol. The maximum atomic E-state index is 12.7. The zero-order valence-electron chi connectivity index (χ0n) is 16.8. The SMILES string of the molecule is Cc1cccc([SiH2]CCC2COC(C)(C)N2C(=O)OC(C)(C)C)c1C. The fourth-order valence-electron chi connectivity index (χ4n) is 3.39. The summed E-state index contributed by atoms with van der Waals surface area (Å²) in [6.45, 7) is 14.6. The quantitative estimate of drug-likeness (QED) is 0.771. The van der Waals surface area contributed by atoms with E-state index < -0.39 is 11.3 Å². The molecule has 0 radical (unpaired) electrons. The van der Waals surface area contributed by atoms with Gasteiger partial charge in [0.05, 0.1) is 22.2 Å². The van der Waals surface area contributed by atoms with Gasteiger partial charge in [-0.15, -0.1) is 0 Å². The van der Waals surface area contributed by atoms with Gasteiger partial charge in [-0.25, -0.2) is 4.79 Å². The third kappa shape index (κ3) is 5.08. The van der Waals surface area contributed by atoms with E-state index in [0.717, 1.165) is 12.5 Å². The Morgan fingerprint density at radius 1 is 1.36 bits per heavy atom. The van der Waals surface area contributed by atoms with E-state index in [1.54, 1.807) is 4.90 Å². The average Bonchev–Trinajstić information content (AvgIpc) is 2.76. The van der Waals surface area contributed by atoms with Crippen molar-refractivity contribution in [2.24, 2.45) is 0 Å². The predicted molar refractivity (Wildman–Crippen MR) is 105 cm³/mol. The minimum Gasteiger partial charge on any atom is -0.444 e. The Morgan fingerprint density at radius 2 is 2.04 bits per heavy atom. The van der Waals surface area contributed by atoms with Gasteiger partial charge in [-0.2, -0.15) is 0 Å². The number of benzene rings is 1. The number of nitrogens with zero attached hydrogens (tertiary/aromatic N) is 1. The molecule has 2 rings (SSSR count). The summed E-state index contributed by atoms with van der Waals surface area (Å²) in [5.41, 5.74) is 1.70. The standard InChI is InChI=1S/C20H33NO3Si/c1-14-9-8-10-17(15(14)2)25-12-11-16-13-23-20(6,7)21(16)18(22)24-19(3,4)5/h8-10,16H,11-13,25H2,1-7H3. The van der Waals surface area contributed by atoms with Crippen molar-refractivity contribution in [2.75, 3.05) is 6.61 Å². The fourth-order valence-corrected chi connectivity index (χ4v) is 5.40. The van der Waals surface area contributed by atoms with Gasteiger partial charge in [0.2, 0.25) is 0 Å². The summed E-state index contributed by atoms with van der Waals surface area (Å²) in [7, 11) is -0.347. The highest BCUT2D eigenvalue weighted by atomic mass is 28.2. The summed E-state index contributed by atoms with van der Waals surface area (Å²) in [6.07, 6.45) is 0.704. The predicted octanol–water partition coefficient (Wildman–Crippen LogP) is 3.28. The normalized spacial score (nSPS) is 20.4. The van der Waals surface area contributed by atoms with Crippen molar-refractivity contribution in [3.05, 3.63) is 29.3 Å². The van der Waals surface area contributed by atoms with Crippen molar-refractivity contribution in [3.8, 4) is 0 Å². The molecule has 140 valence electrons. The monoisotopic (exact) mass is 363 g/mol. The van der Waals surface area contributed by atoms with Crippen LogP contribution in [0.3, 0.4) is 0 Å². The van der Waals surface area contributed by atoms with Gasteiger partial charge in [0.1, 0.15) is 11.3 Å². The van der Waals surface area contributed by atoms with Gasteiger partial charge in [-0.05, 0) is 66.0 Å². The molecule has 1 aromatic rings. The van der Waals surface area contributed by atoms with Crippen molar-refractivity contribution in [1.82, 2.24) is 4.90 Å². The first-order valence-corrected chi connectivity index (χ1v) is 10.9. The third-order valence-electron chi connectivity index (χ3n) is 4.86. The molecule has 1 aromatic carbocycles. The molecule has 1 fully saturated rings. The minimum atomic E-state index is -0.603. The van der Waals surface area contributed by atoms with Crippen LogP contribution >= 0.6 is 0 Å². The summed E-state index contributed by atoms with van der Waals surface area (Å²) in [4.78, 5) is 14.5. The Morgan fingerprint density at radius 3 is 2.68 bits per heavy atom. The van der Waals surface area contributed by atoms with E-state index in [0.29, 0.717) is 6.61 Å². The van der Waals surface area contributed by atoms with Crippen LogP contribution in [0.1, 0.15) is 52.2 Å². The highest BCUT2D eigenvalue weighted by Gasteiger charge is 2.45. The van der Waals surface area contributed by atoms with Crippen molar-refractivity contribution in [2.45, 2.75) is 78.3 Å². The Balaban J connectivity index is 2.00. The Bertz CT molecular complexity index is 622. The summed E-state index contributed by atoms with van der Waals surface area (Å²) in [5, 5.41) is 1.53. The van der Waals surface area contributed by atoms with E-state index in [1.165, 1.54) is 16.3 Å². The number of amides is 1. The molecule has 1 amide bonds. The van der Waals surface area contributed by atoms with Crippen molar-refractivity contribution in [1.29, 1.82) is 0 Å². The lowest BCUT2D eigenvalue weighted by molar-refractivity contribution is -0.0625. The van der Waals surface area contributed by atoms with Gasteiger partial charge in [0.25, 0.3) is 0 Å². The molecule has 0 aliphatic carbocycles. The van der Waals surface area contributed by atoms with Crippen LogP contribution in [0.5, 0.6) is 0 Å². The topological polar surface area (TPSA) is 38.8 Å². The molecule has 0 N–H and O–H groups in total. The largest absolute Gasteiger partial charge is 0.444 e.